The summed E-state index contributed by atoms with van der Waals surface area (Å²) in [6, 6.07) is 0. The summed E-state index contributed by atoms with van der Waals surface area (Å²) in [5, 5.41) is 1.95. The molecule has 2 aliphatic heterocycles. The topological polar surface area (TPSA) is 83.6 Å². The largest absolute Gasteiger partial charge is 0.287 e. The molecular formula is C9H6N2O4. The van der Waals surface area contributed by atoms with Crippen LogP contribution in [0.1, 0.15) is 6.42 Å². The summed E-state index contributed by atoms with van der Waals surface area (Å²) in [6.07, 6.45) is 0.814. The van der Waals surface area contributed by atoms with Gasteiger partial charge in [0.2, 0.25) is 5.91 Å². The lowest BCUT2D eigenvalue weighted by atomic mass is 10.3. The van der Waals surface area contributed by atoms with Gasteiger partial charge in [0.15, 0.2) is 0 Å². The van der Waals surface area contributed by atoms with E-state index in [1.54, 1.807) is 0 Å². The lowest BCUT2D eigenvalue weighted by molar-refractivity contribution is -0.138. The zero-order chi connectivity index (χ0) is 11.2. The van der Waals surface area contributed by atoms with Gasteiger partial charge in [-0.1, -0.05) is 6.58 Å². The van der Waals surface area contributed by atoms with Crippen LogP contribution in [0.2, 0.25) is 0 Å². The molecule has 0 aromatic carbocycles. The normalized spacial score (nSPS) is 21.2. The van der Waals surface area contributed by atoms with Crippen LogP contribution < -0.4 is 5.32 Å². The van der Waals surface area contributed by atoms with Gasteiger partial charge in [-0.2, -0.15) is 0 Å². The van der Waals surface area contributed by atoms with Crippen molar-refractivity contribution in [3.05, 3.63) is 23.9 Å². The summed E-state index contributed by atoms with van der Waals surface area (Å²) in [7, 11) is 0. The highest BCUT2D eigenvalue weighted by molar-refractivity contribution is 6.23. The summed E-state index contributed by atoms with van der Waals surface area (Å²) >= 11 is 0. The molecule has 2 aliphatic rings. The van der Waals surface area contributed by atoms with E-state index < -0.39 is 23.6 Å². The van der Waals surface area contributed by atoms with Crippen LogP contribution >= 0.6 is 0 Å². The number of amides is 4. The molecule has 6 heteroatoms. The van der Waals surface area contributed by atoms with Gasteiger partial charge in [-0.05, 0) is 0 Å². The van der Waals surface area contributed by atoms with E-state index in [2.05, 4.69) is 6.58 Å². The van der Waals surface area contributed by atoms with Crippen LogP contribution in [0, 0.1) is 0 Å². The first-order valence-corrected chi connectivity index (χ1v) is 4.13. The summed E-state index contributed by atoms with van der Waals surface area (Å²) in [4.78, 5) is 45.5. The molecule has 0 saturated carbocycles. The molecule has 0 aromatic rings. The summed E-state index contributed by atoms with van der Waals surface area (Å²) in [5.74, 6) is -2.54. The molecule has 76 valence electrons. The fourth-order valence-electron chi connectivity index (χ4n) is 1.42. The molecule has 1 N–H and O–H groups in total. The van der Waals surface area contributed by atoms with E-state index in [9.17, 15) is 19.2 Å². The summed E-state index contributed by atoms with van der Waals surface area (Å²) in [6.45, 7) is 3.40. The molecule has 0 spiro atoms. The Hall–Kier alpha value is -2.24. The van der Waals surface area contributed by atoms with Gasteiger partial charge < -0.3 is 0 Å². The molecule has 4 amide bonds. The minimum absolute atomic E-state index is 0.113. The predicted octanol–water partition coefficient (Wildman–Crippen LogP) is -1.16. The first-order chi connectivity index (χ1) is 7.00. The van der Waals surface area contributed by atoms with Crippen LogP contribution in [0.15, 0.2) is 23.9 Å². The van der Waals surface area contributed by atoms with Crippen LogP contribution in [0.4, 0.5) is 0 Å². The number of carbonyl (C=O) groups is 4. The minimum Gasteiger partial charge on any atom is -0.287 e. The molecule has 0 atom stereocenters. The Morgan fingerprint density at radius 3 is 2.33 bits per heavy atom. The van der Waals surface area contributed by atoms with Gasteiger partial charge in [0.1, 0.15) is 5.70 Å². The molecule has 1 fully saturated rings. The van der Waals surface area contributed by atoms with E-state index in [4.69, 9.17) is 0 Å². The van der Waals surface area contributed by atoms with Crippen LogP contribution in [-0.2, 0) is 19.2 Å². The quantitative estimate of drug-likeness (QED) is 0.433. The second kappa shape index (κ2) is 2.88. The Balaban J connectivity index is 2.40. The average molecular weight is 206 g/mol. The van der Waals surface area contributed by atoms with Crippen molar-refractivity contribution in [2.24, 2.45) is 0 Å². The molecule has 0 unspecified atom stereocenters. The van der Waals surface area contributed by atoms with E-state index in [0.717, 1.165) is 6.08 Å². The maximum atomic E-state index is 11.4. The van der Waals surface area contributed by atoms with Gasteiger partial charge in [0.25, 0.3) is 17.7 Å². The Bertz CT molecular complexity index is 461. The maximum absolute atomic E-state index is 11.4. The van der Waals surface area contributed by atoms with Crippen LogP contribution in [-0.4, -0.2) is 28.5 Å². The fraction of sp³-hybridized carbons (Fsp3) is 0.111. The highest BCUT2D eigenvalue weighted by Gasteiger charge is 2.40. The Morgan fingerprint density at radius 1 is 1.27 bits per heavy atom. The molecule has 2 rings (SSSR count). The second-order valence-corrected chi connectivity index (χ2v) is 3.16. The molecule has 2 heterocycles. The van der Waals surface area contributed by atoms with Crippen molar-refractivity contribution >= 4 is 23.6 Å². The van der Waals surface area contributed by atoms with Gasteiger partial charge in [0.05, 0.1) is 6.42 Å². The molecule has 0 aromatic heterocycles. The van der Waals surface area contributed by atoms with Crippen molar-refractivity contribution in [2.75, 3.05) is 0 Å². The monoisotopic (exact) mass is 206 g/mol. The smallest absolute Gasteiger partial charge is 0.275 e. The zero-order valence-electron chi connectivity index (χ0n) is 7.57. The van der Waals surface area contributed by atoms with E-state index >= 15 is 0 Å². The molecular weight excluding hydrogens is 200 g/mol. The number of hydrogen-bond acceptors (Lipinski definition) is 4. The number of nitrogens with one attached hydrogen (secondary N) is 1. The molecule has 15 heavy (non-hydrogen) atoms. The van der Waals surface area contributed by atoms with Crippen LogP contribution in [0.5, 0.6) is 0 Å². The average Bonchev–Trinajstić information content (AvgIpc) is 2.56. The first kappa shape index (κ1) is 9.32. The summed E-state index contributed by atoms with van der Waals surface area (Å²) < 4.78 is 0. The van der Waals surface area contributed by atoms with E-state index in [1.807, 2.05) is 5.32 Å². The minimum atomic E-state index is -0.739. The van der Waals surface area contributed by atoms with Gasteiger partial charge in [-0.15, -0.1) is 0 Å². The third-order valence-corrected chi connectivity index (χ3v) is 2.10. The molecule has 6 nitrogen and oxygen atoms in total. The lowest BCUT2D eigenvalue weighted by Crippen LogP contribution is -2.34. The molecule has 0 radical (unpaired) electrons. The van der Waals surface area contributed by atoms with E-state index in [0.29, 0.717) is 4.90 Å². The van der Waals surface area contributed by atoms with Gasteiger partial charge in [0, 0.05) is 11.6 Å². The molecule has 1 saturated heterocycles. The molecule has 0 aliphatic carbocycles. The third-order valence-electron chi connectivity index (χ3n) is 2.10. The van der Waals surface area contributed by atoms with E-state index in [1.165, 1.54) is 0 Å². The standard InChI is InChI=1S/C9H6N2O4/c1-4-2-7(13)11(9(4)15)5-3-6(12)10-8(5)14/h3H,1-2H2,(H,10,12,14). The first-order valence-electron chi connectivity index (χ1n) is 4.13. The summed E-state index contributed by atoms with van der Waals surface area (Å²) in [5.41, 5.74) is -0.110. The maximum Gasteiger partial charge on any atom is 0.275 e. The third kappa shape index (κ3) is 1.26. The highest BCUT2D eigenvalue weighted by Crippen LogP contribution is 2.23. The van der Waals surface area contributed by atoms with Crippen molar-refractivity contribution in [3.63, 3.8) is 0 Å². The van der Waals surface area contributed by atoms with Crippen molar-refractivity contribution in [1.29, 1.82) is 0 Å². The van der Waals surface area contributed by atoms with Crippen molar-refractivity contribution in [3.8, 4) is 0 Å². The van der Waals surface area contributed by atoms with Gasteiger partial charge >= 0.3 is 0 Å². The fourth-order valence-corrected chi connectivity index (χ4v) is 1.42. The number of rotatable bonds is 1. The predicted molar refractivity (Wildman–Crippen MR) is 46.8 cm³/mol. The number of hydrogen-bond donors (Lipinski definition) is 1. The van der Waals surface area contributed by atoms with Crippen molar-refractivity contribution in [2.45, 2.75) is 6.42 Å². The zero-order valence-corrected chi connectivity index (χ0v) is 7.57. The Kier molecular flexibility index (Phi) is 1.79. The van der Waals surface area contributed by atoms with Gasteiger partial charge in [-0.25, -0.2) is 4.90 Å². The number of likely N-dealkylation sites (tertiary alicyclic amines) is 1. The number of carbonyl (C=O) groups excluding carboxylic acids is 4. The molecule has 0 bridgehead atoms. The number of nitrogens with zero attached hydrogens (tertiary/aromatic N) is 1. The Morgan fingerprint density at radius 2 is 1.93 bits per heavy atom. The SMILES string of the molecule is C=C1CC(=O)N(C2=CC(=O)NC2=O)C1=O. The van der Waals surface area contributed by atoms with Crippen molar-refractivity contribution in [1.82, 2.24) is 10.2 Å². The lowest BCUT2D eigenvalue weighted by Gasteiger charge is -2.11. The Labute approximate surface area is 84.2 Å². The second-order valence-electron chi connectivity index (χ2n) is 3.16. The van der Waals surface area contributed by atoms with E-state index in [-0.39, 0.29) is 17.7 Å². The highest BCUT2D eigenvalue weighted by atomic mass is 16.2. The number of imide groups is 2. The van der Waals surface area contributed by atoms with Crippen molar-refractivity contribution < 1.29 is 19.2 Å². The van der Waals surface area contributed by atoms with Crippen LogP contribution in [0.25, 0.3) is 0 Å². The van der Waals surface area contributed by atoms with Crippen LogP contribution in [0.3, 0.4) is 0 Å². The van der Waals surface area contributed by atoms with Gasteiger partial charge in [-0.3, -0.25) is 24.5 Å².